The van der Waals surface area contributed by atoms with Crippen molar-refractivity contribution in [3.8, 4) is 0 Å². The lowest BCUT2D eigenvalue weighted by molar-refractivity contribution is -0.155. The molecule has 1 amide bonds. The van der Waals surface area contributed by atoms with Crippen LogP contribution in [0.3, 0.4) is 0 Å². The molecule has 2 N–H and O–H groups in total. The van der Waals surface area contributed by atoms with Crippen molar-refractivity contribution in [2.45, 2.75) is 57.2 Å². The highest BCUT2D eigenvalue weighted by molar-refractivity contribution is 7.90. The molecule has 27 heavy (non-hydrogen) atoms. The number of carbonyl (C=O) groups excluding carboxylic acids is 1. The fourth-order valence-electron chi connectivity index (χ4n) is 5.91. The summed E-state index contributed by atoms with van der Waals surface area (Å²) in [6.45, 7) is 1.85. The molecule has 5 nitrogen and oxygen atoms in total. The van der Waals surface area contributed by atoms with Gasteiger partial charge in [-0.25, -0.2) is 12.8 Å². The van der Waals surface area contributed by atoms with E-state index in [1.165, 1.54) is 11.3 Å². The van der Waals surface area contributed by atoms with Crippen molar-refractivity contribution in [2.75, 3.05) is 17.3 Å². The Morgan fingerprint density at radius 3 is 2.56 bits per heavy atom. The maximum Gasteiger partial charge on any atom is 0.231 e. The molecule has 3 unspecified atom stereocenters. The van der Waals surface area contributed by atoms with Crippen LogP contribution in [0.25, 0.3) is 0 Å². The summed E-state index contributed by atoms with van der Waals surface area (Å²) in [5.74, 6) is -0.00687. The Hall–Kier alpha value is -0.990. The molecule has 3 atom stereocenters. The molecule has 8 heteroatoms. The first-order valence-electron chi connectivity index (χ1n) is 9.43. The van der Waals surface area contributed by atoms with Crippen LogP contribution in [0, 0.1) is 24.2 Å². The zero-order valence-corrected chi connectivity index (χ0v) is 17.3. The number of halogens is 1. The van der Waals surface area contributed by atoms with Crippen molar-refractivity contribution in [1.82, 2.24) is 0 Å². The Morgan fingerprint density at radius 2 is 2.00 bits per heavy atom. The molecule has 4 saturated carbocycles. The van der Waals surface area contributed by atoms with Gasteiger partial charge in [0.05, 0.1) is 17.3 Å². The number of sulfone groups is 1. The van der Waals surface area contributed by atoms with Crippen molar-refractivity contribution in [1.29, 1.82) is 0 Å². The maximum absolute atomic E-state index is 15.1. The van der Waals surface area contributed by atoms with Gasteiger partial charge in [0, 0.05) is 16.7 Å². The second kappa shape index (κ2) is 6.26. The van der Waals surface area contributed by atoms with Crippen molar-refractivity contribution in [3.05, 3.63) is 16.5 Å². The van der Waals surface area contributed by atoms with Crippen LogP contribution in [-0.4, -0.2) is 37.1 Å². The highest BCUT2D eigenvalue weighted by Gasteiger charge is 2.61. The standard InChI is InChI=1S/C19H26FNO4S2/c1-11-3-14(15(22)9-27(2,24)25)16(26-11)21-17(23)18-5-12-4-13(6-18)8-19(20,7-12)10-18/h3,12-13,15,22H,4-10H2,1-2H3,(H,21,23). The number of aliphatic hydroxyl groups is 1. The average Bonchev–Trinajstić information content (AvgIpc) is 2.83. The number of alkyl halides is 1. The van der Waals surface area contributed by atoms with Gasteiger partial charge in [0.25, 0.3) is 0 Å². The predicted molar refractivity (Wildman–Crippen MR) is 103 cm³/mol. The zero-order valence-electron chi connectivity index (χ0n) is 15.6. The summed E-state index contributed by atoms with van der Waals surface area (Å²) in [6.07, 6.45) is 3.80. The number of rotatable bonds is 5. The molecule has 150 valence electrons. The summed E-state index contributed by atoms with van der Waals surface area (Å²) in [7, 11) is -3.36. The first kappa shape index (κ1) is 19.3. The molecule has 0 aromatic carbocycles. The topological polar surface area (TPSA) is 83.5 Å². The molecule has 1 aromatic rings. The molecule has 4 fully saturated rings. The van der Waals surface area contributed by atoms with Gasteiger partial charge in [0.15, 0.2) is 0 Å². The van der Waals surface area contributed by atoms with E-state index in [-0.39, 0.29) is 24.2 Å². The van der Waals surface area contributed by atoms with E-state index in [2.05, 4.69) is 5.32 Å². The van der Waals surface area contributed by atoms with Crippen LogP contribution in [0.15, 0.2) is 6.07 Å². The molecule has 4 aliphatic rings. The van der Waals surface area contributed by atoms with Gasteiger partial charge in [-0.3, -0.25) is 4.79 Å². The van der Waals surface area contributed by atoms with Crippen LogP contribution in [-0.2, 0) is 14.6 Å². The van der Waals surface area contributed by atoms with E-state index >= 15 is 4.39 Å². The minimum atomic E-state index is -3.36. The molecule has 5 rings (SSSR count). The number of hydrogen-bond donors (Lipinski definition) is 2. The van der Waals surface area contributed by atoms with Gasteiger partial charge in [0.1, 0.15) is 20.5 Å². The number of carbonyl (C=O) groups is 1. The minimum absolute atomic E-state index is 0.173. The quantitative estimate of drug-likeness (QED) is 0.772. The smallest absolute Gasteiger partial charge is 0.231 e. The molecule has 0 radical (unpaired) electrons. The minimum Gasteiger partial charge on any atom is -0.387 e. The van der Waals surface area contributed by atoms with Gasteiger partial charge >= 0.3 is 0 Å². The molecular formula is C19H26FNO4S2. The number of nitrogens with one attached hydrogen (secondary N) is 1. The Labute approximate surface area is 163 Å². The van der Waals surface area contributed by atoms with Crippen LogP contribution in [0.5, 0.6) is 0 Å². The third-order valence-electron chi connectivity index (χ3n) is 6.40. The highest BCUT2D eigenvalue weighted by Crippen LogP contribution is 2.63. The molecule has 0 aliphatic heterocycles. The SMILES string of the molecule is Cc1cc(C(O)CS(C)(=O)=O)c(NC(=O)C23CC4CC(CC(F)(C4)C2)C3)s1. The Kier molecular flexibility index (Phi) is 4.48. The van der Waals surface area contributed by atoms with Gasteiger partial charge in [-0.2, -0.15) is 0 Å². The lowest BCUT2D eigenvalue weighted by Gasteiger charge is -2.58. The van der Waals surface area contributed by atoms with Crippen LogP contribution >= 0.6 is 11.3 Å². The first-order chi connectivity index (χ1) is 12.5. The third-order valence-corrected chi connectivity index (χ3v) is 8.31. The monoisotopic (exact) mass is 415 g/mol. The number of amides is 1. The number of aryl methyl sites for hydroxylation is 1. The van der Waals surface area contributed by atoms with E-state index in [1.54, 1.807) is 6.07 Å². The zero-order chi connectivity index (χ0) is 19.6. The summed E-state index contributed by atoms with van der Waals surface area (Å²) in [4.78, 5) is 14.1. The summed E-state index contributed by atoms with van der Waals surface area (Å²) in [5.41, 5.74) is -1.46. The number of thiophene rings is 1. The van der Waals surface area contributed by atoms with Gasteiger partial charge in [-0.15, -0.1) is 11.3 Å². The summed E-state index contributed by atoms with van der Waals surface area (Å²) in [6, 6.07) is 1.71. The lowest BCUT2D eigenvalue weighted by atomic mass is 9.48. The molecule has 1 heterocycles. The lowest BCUT2D eigenvalue weighted by Crippen LogP contribution is -2.57. The molecule has 4 bridgehead atoms. The first-order valence-corrected chi connectivity index (χ1v) is 12.3. The normalized spacial score (nSPS) is 36.0. The molecular weight excluding hydrogens is 389 g/mol. The van der Waals surface area contributed by atoms with E-state index in [9.17, 15) is 18.3 Å². The molecule has 0 spiro atoms. The fourth-order valence-corrected chi connectivity index (χ4v) is 7.63. The third kappa shape index (κ3) is 3.68. The van der Waals surface area contributed by atoms with E-state index in [0.29, 0.717) is 23.4 Å². The molecule has 0 saturated heterocycles. The van der Waals surface area contributed by atoms with Gasteiger partial charge in [-0.1, -0.05) is 0 Å². The van der Waals surface area contributed by atoms with Gasteiger partial charge in [0.2, 0.25) is 5.91 Å². The Bertz CT molecular complexity index is 864. The second-order valence-corrected chi connectivity index (χ2v) is 12.5. The highest BCUT2D eigenvalue weighted by atomic mass is 32.2. The molecule has 4 aliphatic carbocycles. The van der Waals surface area contributed by atoms with Crippen LogP contribution in [0.2, 0.25) is 0 Å². The predicted octanol–water partition coefficient (Wildman–Crippen LogP) is 3.38. The molecule has 1 aromatic heterocycles. The van der Waals surface area contributed by atoms with Crippen molar-refractivity contribution >= 4 is 32.1 Å². The van der Waals surface area contributed by atoms with E-state index in [1.807, 2.05) is 6.92 Å². The van der Waals surface area contributed by atoms with Crippen molar-refractivity contribution < 1.29 is 22.7 Å². The van der Waals surface area contributed by atoms with Crippen molar-refractivity contribution in [2.24, 2.45) is 17.3 Å². The summed E-state index contributed by atoms with van der Waals surface area (Å²) < 4.78 is 38.2. The van der Waals surface area contributed by atoms with E-state index in [0.717, 1.165) is 30.4 Å². The fraction of sp³-hybridized carbons (Fsp3) is 0.737. The van der Waals surface area contributed by atoms with Gasteiger partial charge in [-0.05, 0) is 63.4 Å². The number of aliphatic hydroxyl groups excluding tert-OH is 1. The number of hydrogen-bond acceptors (Lipinski definition) is 5. The largest absolute Gasteiger partial charge is 0.387 e. The van der Waals surface area contributed by atoms with Gasteiger partial charge < -0.3 is 10.4 Å². The van der Waals surface area contributed by atoms with E-state index < -0.39 is 32.8 Å². The Balaban J connectivity index is 1.57. The van der Waals surface area contributed by atoms with Crippen LogP contribution in [0.1, 0.15) is 55.1 Å². The van der Waals surface area contributed by atoms with Crippen LogP contribution in [0.4, 0.5) is 9.39 Å². The second-order valence-electron chi connectivity index (χ2n) is 9.10. The van der Waals surface area contributed by atoms with Crippen LogP contribution < -0.4 is 5.32 Å². The number of anilines is 1. The summed E-state index contributed by atoms with van der Waals surface area (Å²) in [5, 5.41) is 13.8. The maximum atomic E-state index is 15.1. The van der Waals surface area contributed by atoms with Crippen molar-refractivity contribution in [3.63, 3.8) is 0 Å². The van der Waals surface area contributed by atoms with E-state index in [4.69, 9.17) is 0 Å². The summed E-state index contributed by atoms with van der Waals surface area (Å²) >= 11 is 1.32. The Morgan fingerprint density at radius 1 is 1.37 bits per heavy atom. The average molecular weight is 416 g/mol.